The van der Waals surface area contributed by atoms with Gasteiger partial charge in [-0.05, 0) is 19.9 Å². The Kier molecular flexibility index (Phi) is 3.17. The van der Waals surface area contributed by atoms with E-state index in [-0.39, 0.29) is 18.6 Å². The molecule has 1 amide bonds. The Hall–Kier alpha value is -1.40. The molecule has 0 aromatic carbocycles. The van der Waals surface area contributed by atoms with E-state index < -0.39 is 0 Å². The Labute approximate surface area is 103 Å². The molecule has 0 spiro atoms. The van der Waals surface area contributed by atoms with E-state index in [1.54, 1.807) is 11.6 Å². The van der Waals surface area contributed by atoms with Crippen LogP contribution in [0.5, 0.6) is 0 Å². The number of nitrogens with one attached hydrogen (secondary N) is 1. The SMILES string of the molecule is Cc1nn(C)c2sc(C(=O)N[C@@H](C)CO)cc12. The monoisotopic (exact) mass is 253 g/mol. The molecule has 2 aromatic heterocycles. The highest BCUT2D eigenvalue weighted by molar-refractivity contribution is 7.20. The molecule has 0 saturated carbocycles. The second kappa shape index (κ2) is 4.46. The van der Waals surface area contributed by atoms with Crippen LogP contribution in [-0.2, 0) is 7.05 Å². The molecule has 2 heterocycles. The van der Waals surface area contributed by atoms with Crippen LogP contribution >= 0.6 is 11.3 Å². The molecule has 2 aromatic rings. The molecule has 2 rings (SSSR count). The summed E-state index contributed by atoms with van der Waals surface area (Å²) in [5, 5.41) is 16.9. The van der Waals surface area contributed by atoms with Crippen molar-refractivity contribution in [2.45, 2.75) is 19.9 Å². The number of aliphatic hydroxyl groups is 1. The molecule has 0 saturated heterocycles. The van der Waals surface area contributed by atoms with Crippen LogP contribution in [0.3, 0.4) is 0 Å². The van der Waals surface area contributed by atoms with Gasteiger partial charge in [0.25, 0.3) is 5.91 Å². The number of aromatic nitrogens is 2. The molecule has 92 valence electrons. The summed E-state index contributed by atoms with van der Waals surface area (Å²) in [5.74, 6) is -0.146. The fourth-order valence-electron chi connectivity index (χ4n) is 1.66. The maximum absolute atomic E-state index is 11.9. The lowest BCUT2D eigenvalue weighted by Crippen LogP contribution is -2.34. The van der Waals surface area contributed by atoms with E-state index in [2.05, 4.69) is 10.4 Å². The van der Waals surface area contributed by atoms with Crippen molar-refractivity contribution in [1.82, 2.24) is 15.1 Å². The quantitative estimate of drug-likeness (QED) is 0.859. The van der Waals surface area contributed by atoms with Gasteiger partial charge in [0.1, 0.15) is 4.83 Å². The van der Waals surface area contributed by atoms with Crippen molar-refractivity contribution in [3.05, 3.63) is 16.6 Å². The molecule has 0 bridgehead atoms. The van der Waals surface area contributed by atoms with E-state index >= 15 is 0 Å². The lowest BCUT2D eigenvalue weighted by Gasteiger charge is -2.08. The Morgan fingerprint density at radius 2 is 2.41 bits per heavy atom. The van der Waals surface area contributed by atoms with Gasteiger partial charge in [-0.15, -0.1) is 11.3 Å². The minimum absolute atomic E-state index is 0.0583. The van der Waals surface area contributed by atoms with Crippen molar-refractivity contribution in [1.29, 1.82) is 0 Å². The molecule has 0 aliphatic heterocycles. The number of fused-ring (bicyclic) bond motifs is 1. The lowest BCUT2D eigenvalue weighted by atomic mass is 10.3. The summed E-state index contributed by atoms with van der Waals surface area (Å²) in [6.45, 7) is 3.63. The third-order valence-electron chi connectivity index (χ3n) is 2.57. The standard InChI is InChI=1S/C11H15N3O2S/c1-6(5-15)12-10(16)9-4-8-7(2)13-14(3)11(8)17-9/h4,6,15H,5H2,1-3H3,(H,12,16)/t6-/m0/s1. The number of aryl methyl sites for hydroxylation is 2. The zero-order valence-electron chi connectivity index (χ0n) is 10.0. The average Bonchev–Trinajstić information content (AvgIpc) is 2.82. The van der Waals surface area contributed by atoms with Gasteiger partial charge >= 0.3 is 0 Å². The van der Waals surface area contributed by atoms with Gasteiger partial charge in [0, 0.05) is 18.5 Å². The maximum Gasteiger partial charge on any atom is 0.261 e. The highest BCUT2D eigenvalue weighted by Gasteiger charge is 2.16. The van der Waals surface area contributed by atoms with Crippen LogP contribution in [0.1, 0.15) is 22.3 Å². The smallest absolute Gasteiger partial charge is 0.261 e. The molecule has 2 N–H and O–H groups in total. The molecule has 6 heteroatoms. The van der Waals surface area contributed by atoms with Crippen molar-refractivity contribution in [2.75, 3.05) is 6.61 Å². The highest BCUT2D eigenvalue weighted by Crippen LogP contribution is 2.27. The fraction of sp³-hybridized carbons (Fsp3) is 0.455. The highest BCUT2D eigenvalue weighted by atomic mass is 32.1. The van der Waals surface area contributed by atoms with Crippen molar-refractivity contribution < 1.29 is 9.90 Å². The zero-order chi connectivity index (χ0) is 12.6. The average molecular weight is 253 g/mol. The van der Waals surface area contributed by atoms with Crippen LogP contribution in [-0.4, -0.2) is 33.4 Å². The van der Waals surface area contributed by atoms with Crippen LogP contribution in [0, 0.1) is 6.92 Å². The van der Waals surface area contributed by atoms with Gasteiger partial charge < -0.3 is 10.4 Å². The van der Waals surface area contributed by atoms with Gasteiger partial charge in [0.15, 0.2) is 0 Å². The van der Waals surface area contributed by atoms with E-state index in [4.69, 9.17) is 5.11 Å². The molecular weight excluding hydrogens is 238 g/mol. The topological polar surface area (TPSA) is 67.2 Å². The van der Waals surface area contributed by atoms with Gasteiger partial charge in [-0.2, -0.15) is 5.10 Å². The zero-order valence-corrected chi connectivity index (χ0v) is 10.8. The summed E-state index contributed by atoms with van der Waals surface area (Å²) >= 11 is 1.41. The van der Waals surface area contributed by atoms with Crippen LogP contribution in [0.15, 0.2) is 6.07 Å². The number of aliphatic hydroxyl groups excluding tert-OH is 1. The normalized spacial score (nSPS) is 12.9. The summed E-state index contributed by atoms with van der Waals surface area (Å²) < 4.78 is 1.78. The van der Waals surface area contributed by atoms with Crippen molar-refractivity contribution in [2.24, 2.45) is 7.05 Å². The van der Waals surface area contributed by atoms with Gasteiger partial charge in [0.05, 0.1) is 17.2 Å². The summed E-state index contributed by atoms with van der Waals surface area (Å²) in [7, 11) is 1.86. The molecule has 5 nitrogen and oxygen atoms in total. The number of carbonyl (C=O) groups is 1. The minimum atomic E-state index is -0.230. The predicted molar refractivity (Wildman–Crippen MR) is 67.3 cm³/mol. The number of hydrogen-bond acceptors (Lipinski definition) is 4. The first kappa shape index (κ1) is 12.1. The van der Waals surface area contributed by atoms with Gasteiger partial charge in [-0.1, -0.05) is 0 Å². The third-order valence-corrected chi connectivity index (χ3v) is 3.77. The van der Waals surface area contributed by atoms with Crippen molar-refractivity contribution >= 4 is 27.5 Å². The summed E-state index contributed by atoms with van der Waals surface area (Å²) in [6, 6.07) is 1.62. The summed E-state index contributed by atoms with van der Waals surface area (Å²) in [6.07, 6.45) is 0. The first-order valence-electron chi connectivity index (χ1n) is 5.37. The molecule has 0 radical (unpaired) electrons. The Morgan fingerprint density at radius 1 is 1.71 bits per heavy atom. The van der Waals surface area contributed by atoms with Gasteiger partial charge in [0.2, 0.25) is 0 Å². The molecular formula is C11H15N3O2S. The van der Waals surface area contributed by atoms with E-state index in [0.29, 0.717) is 4.88 Å². The number of hydrogen-bond donors (Lipinski definition) is 2. The number of rotatable bonds is 3. The second-order valence-corrected chi connectivity index (χ2v) is 5.13. The van der Waals surface area contributed by atoms with Gasteiger partial charge in [-0.3, -0.25) is 9.48 Å². The first-order valence-corrected chi connectivity index (χ1v) is 6.19. The molecule has 0 aliphatic rings. The van der Waals surface area contributed by atoms with Crippen molar-refractivity contribution in [3.63, 3.8) is 0 Å². The summed E-state index contributed by atoms with van der Waals surface area (Å²) in [5.41, 5.74) is 0.924. The molecule has 0 fully saturated rings. The largest absolute Gasteiger partial charge is 0.394 e. The van der Waals surface area contributed by atoms with Crippen molar-refractivity contribution in [3.8, 4) is 0 Å². The molecule has 1 atom stereocenters. The molecule has 17 heavy (non-hydrogen) atoms. The van der Waals surface area contributed by atoms with Crippen LogP contribution in [0.25, 0.3) is 10.2 Å². The number of thiophene rings is 1. The van der Waals surface area contributed by atoms with Crippen LogP contribution < -0.4 is 5.32 Å². The third kappa shape index (κ3) is 2.18. The van der Waals surface area contributed by atoms with E-state index in [0.717, 1.165) is 15.9 Å². The van der Waals surface area contributed by atoms with E-state index in [1.165, 1.54) is 11.3 Å². The number of carbonyl (C=O) groups excluding carboxylic acids is 1. The Morgan fingerprint density at radius 3 is 3.00 bits per heavy atom. The maximum atomic E-state index is 11.9. The summed E-state index contributed by atoms with van der Waals surface area (Å²) in [4.78, 5) is 13.5. The minimum Gasteiger partial charge on any atom is -0.394 e. The number of amides is 1. The predicted octanol–water partition coefficient (Wildman–Crippen LogP) is 1.05. The first-order chi connectivity index (χ1) is 8.02. The van der Waals surface area contributed by atoms with Gasteiger partial charge in [-0.25, -0.2) is 0 Å². The lowest BCUT2D eigenvalue weighted by molar-refractivity contribution is 0.0926. The Balaban J connectivity index is 2.30. The van der Waals surface area contributed by atoms with E-state index in [9.17, 15) is 4.79 Å². The molecule has 0 aliphatic carbocycles. The number of nitrogens with zero attached hydrogens (tertiary/aromatic N) is 2. The van der Waals surface area contributed by atoms with E-state index in [1.807, 2.05) is 20.0 Å². The Bertz CT molecular complexity index is 524. The second-order valence-electron chi connectivity index (χ2n) is 4.10. The molecule has 0 unspecified atom stereocenters. The fourth-order valence-corrected chi connectivity index (χ4v) is 2.68. The van der Waals surface area contributed by atoms with Crippen LogP contribution in [0.2, 0.25) is 0 Å². The van der Waals surface area contributed by atoms with Crippen LogP contribution in [0.4, 0.5) is 0 Å².